The summed E-state index contributed by atoms with van der Waals surface area (Å²) < 4.78 is 6.45. The van der Waals surface area contributed by atoms with Crippen molar-refractivity contribution >= 4 is 33.4 Å². The first-order valence-electron chi connectivity index (χ1n) is 11.3. The lowest BCUT2D eigenvalue weighted by Gasteiger charge is -2.46. The van der Waals surface area contributed by atoms with Gasteiger partial charge >= 0.3 is 5.97 Å². The molecule has 4 atom stereocenters. The number of rotatable bonds is 4. The first kappa shape index (κ1) is 20.0. The van der Waals surface area contributed by atoms with Crippen molar-refractivity contribution in [2.75, 3.05) is 24.6 Å². The van der Waals surface area contributed by atoms with E-state index < -0.39 is 5.97 Å². The molecule has 162 valence electrons. The van der Waals surface area contributed by atoms with E-state index in [0.29, 0.717) is 28.9 Å². The van der Waals surface area contributed by atoms with Gasteiger partial charge in [0.2, 0.25) is 0 Å². The highest BCUT2D eigenvalue weighted by atomic mass is 79.9. The van der Waals surface area contributed by atoms with Gasteiger partial charge in [0, 0.05) is 40.6 Å². The van der Waals surface area contributed by atoms with E-state index in [1.165, 1.54) is 11.3 Å². The smallest absolute Gasteiger partial charge is 0.338 e. The van der Waals surface area contributed by atoms with E-state index in [0.717, 1.165) is 36.0 Å². The number of ketones is 1. The van der Waals surface area contributed by atoms with E-state index in [9.17, 15) is 9.59 Å². The van der Waals surface area contributed by atoms with Gasteiger partial charge in [-0.3, -0.25) is 4.79 Å². The third-order valence-corrected chi connectivity index (χ3v) is 8.00. The highest BCUT2D eigenvalue weighted by molar-refractivity contribution is 9.10. The molecule has 0 unspecified atom stereocenters. The monoisotopic (exact) mass is 489 g/mol. The second kappa shape index (κ2) is 7.73. The van der Waals surface area contributed by atoms with Gasteiger partial charge in [-0.2, -0.15) is 0 Å². The number of anilines is 1. The van der Waals surface area contributed by atoms with Crippen molar-refractivity contribution in [2.45, 2.75) is 24.7 Å². The van der Waals surface area contributed by atoms with Crippen molar-refractivity contribution in [2.24, 2.45) is 11.8 Å². The lowest BCUT2D eigenvalue weighted by molar-refractivity contribution is 0.0473. The van der Waals surface area contributed by atoms with Crippen LogP contribution in [0.4, 0.5) is 5.69 Å². The van der Waals surface area contributed by atoms with E-state index in [4.69, 9.17) is 4.74 Å². The number of hydrogen-bond acceptors (Lipinski definition) is 4. The fraction of sp³-hybridized carbons (Fsp3) is 0.333. The summed E-state index contributed by atoms with van der Waals surface area (Å²) >= 11 is 3.37. The van der Waals surface area contributed by atoms with Crippen LogP contribution in [-0.2, 0) is 4.74 Å². The Labute approximate surface area is 196 Å². The molecule has 2 heterocycles. The molecule has 6 rings (SSSR count). The zero-order valence-corrected chi connectivity index (χ0v) is 19.3. The predicted octanol–water partition coefficient (Wildman–Crippen LogP) is 5.64. The van der Waals surface area contributed by atoms with Crippen molar-refractivity contribution < 1.29 is 14.3 Å². The Morgan fingerprint density at radius 1 is 0.938 bits per heavy atom. The number of esters is 1. The maximum atomic E-state index is 13.2. The number of carbonyl (C=O) groups excluding carboxylic acids is 2. The minimum atomic E-state index is -0.404. The summed E-state index contributed by atoms with van der Waals surface area (Å²) in [5.74, 6) is 1.20. The zero-order valence-electron chi connectivity index (χ0n) is 17.7. The molecular weight excluding hydrogens is 466 g/mol. The molecule has 2 aromatic carbocycles. The van der Waals surface area contributed by atoms with Crippen LogP contribution in [0, 0.1) is 11.8 Å². The first-order chi connectivity index (χ1) is 15.6. The Morgan fingerprint density at radius 2 is 1.62 bits per heavy atom. The van der Waals surface area contributed by atoms with Crippen molar-refractivity contribution in [1.29, 1.82) is 0 Å². The van der Waals surface area contributed by atoms with E-state index in [-0.39, 0.29) is 18.3 Å². The molecule has 32 heavy (non-hydrogen) atoms. The molecule has 5 heteroatoms. The third kappa shape index (κ3) is 3.17. The number of allylic oxidation sites excluding steroid dienone is 4. The molecule has 0 amide bonds. The average Bonchev–Trinajstić information content (AvgIpc) is 3.47. The maximum absolute atomic E-state index is 13.2. The van der Waals surface area contributed by atoms with Gasteiger partial charge in [-0.25, -0.2) is 4.79 Å². The van der Waals surface area contributed by atoms with Gasteiger partial charge < -0.3 is 9.64 Å². The van der Waals surface area contributed by atoms with Gasteiger partial charge in [0.1, 0.15) is 0 Å². The van der Waals surface area contributed by atoms with E-state index in [1.807, 2.05) is 18.2 Å². The lowest BCUT2D eigenvalue weighted by atomic mass is 9.73. The number of fused-ring (bicyclic) bond motifs is 4. The molecule has 0 saturated carbocycles. The third-order valence-electron chi connectivity index (χ3n) is 7.47. The normalized spacial score (nSPS) is 26.5. The van der Waals surface area contributed by atoms with Crippen molar-refractivity contribution in [3.63, 3.8) is 0 Å². The van der Waals surface area contributed by atoms with E-state index in [1.54, 1.807) is 12.1 Å². The van der Waals surface area contributed by atoms with E-state index in [2.05, 4.69) is 51.2 Å². The van der Waals surface area contributed by atoms with Crippen LogP contribution in [0.1, 0.15) is 56.5 Å². The van der Waals surface area contributed by atoms with Gasteiger partial charge in [-0.15, -0.1) is 0 Å². The quantitative estimate of drug-likeness (QED) is 0.316. The van der Waals surface area contributed by atoms with Crippen LogP contribution in [0.2, 0.25) is 0 Å². The fourth-order valence-electron chi connectivity index (χ4n) is 5.99. The van der Waals surface area contributed by atoms with Gasteiger partial charge in [-0.1, -0.05) is 58.4 Å². The highest BCUT2D eigenvalue weighted by Crippen LogP contribution is 2.53. The molecule has 0 bridgehead atoms. The van der Waals surface area contributed by atoms with Gasteiger partial charge in [0.25, 0.3) is 0 Å². The Kier molecular flexibility index (Phi) is 4.83. The summed E-state index contributed by atoms with van der Waals surface area (Å²) in [6, 6.07) is 11.1. The fourth-order valence-corrected chi connectivity index (χ4v) is 6.25. The summed E-state index contributed by atoms with van der Waals surface area (Å²) in [5.41, 5.74) is 4.83. The molecule has 0 aromatic heterocycles. The molecule has 2 aliphatic carbocycles. The van der Waals surface area contributed by atoms with Gasteiger partial charge in [0.15, 0.2) is 12.4 Å². The number of halogens is 1. The SMILES string of the molecule is O=C(COC(=O)c1ccc2c3c1[C@H]1C=CC[C@@H]1CN3C[C@@H]1CC=C[C@@H]21)c1ccc(Br)cc1. The summed E-state index contributed by atoms with van der Waals surface area (Å²) in [5, 5.41) is 0. The molecular formula is C27H24BrNO3. The summed E-state index contributed by atoms with van der Waals surface area (Å²) in [6.45, 7) is 1.83. The van der Waals surface area contributed by atoms with E-state index >= 15 is 0 Å². The van der Waals surface area contributed by atoms with Crippen molar-refractivity contribution in [3.05, 3.63) is 87.4 Å². The Hall–Kier alpha value is -2.66. The molecule has 4 nitrogen and oxygen atoms in total. The van der Waals surface area contributed by atoms with Crippen molar-refractivity contribution in [1.82, 2.24) is 0 Å². The molecule has 4 aliphatic rings. The highest BCUT2D eigenvalue weighted by Gasteiger charge is 2.44. The Morgan fingerprint density at radius 3 is 2.38 bits per heavy atom. The standard InChI is InChI=1S/C27H24BrNO3/c28-19-9-7-16(8-10-19)24(30)15-32-27(31)23-12-11-22-20-5-1-3-17(20)13-29-14-18-4-2-6-21(18)25(23)26(22)29/h1-2,5-12,17-18,20-21H,3-4,13-15H2/t17-,18+,20+,21-/m0/s1. The van der Waals surface area contributed by atoms with Gasteiger partial charge in [0.05, 0.1) is 5.56 Å². The van der Waals surface area contributed by atoms with Crippen LogP contribution in [0.15, 0.2) is 65.2 Å². The maximum Gasteiger partial charge on any atom is 0.338 e. The molecule has 2 aromatic rings. The molecule has 0 radical (unpaired) electrons. The number of benzene rings is 2. The summed E-state index contributed by atoms with van der Waals surface area (Å²) in [6.07, 6.45) is 11.3. The second-order valence-electron chi connectivity index (χ2n) is 9.28. The minimum Gasteiger partial charge on any atom is -0.454 e. The van der Waals surface area contributed by atoms with Crippen molar-refractivity contribution in [3.8, 4) is 0 Å². The lowest BCUT2D eigenvalue weighted by Crippen LogP contribution is -2.44. The first-order valence-corrected chi connectivity index (χ1v) is 12.1. The molecule has 0 fully saturated rings. The van der Waals surface area contributed by atoms with Crippen LogP contribution in [0.5, 0.6) is 0 Å². The Bertz CT molecular complexity index is 1160. The number of carbonyl (C=O) groups is 2. The van der Waals surface area contributed by atoms with Crippen LogP contribution in [0.3, 0.4) is 0 Å². The minimum absolute atomic E-state index is 0.198. The second-order valence-corrected chi connectivity index (χ2v) is 10.2. The number of nitrogens with zero attached hydrogens (tertiary/aromatic N) is 1. The molecule has 2 aliphatic heterocycles. The number of ether oxygens (including phenoxy) is 1. The van der Waals surface area contributed by atoms with Crippen LogP contribution in [-0.4, -0.2) is 31.4 Å². The molecule has 0 N–H and O–H groups in total. The summed E-state index contributed by atoms with van der Waals surface area (Å²) in [4.78, 5) is 28.2. The number of Topliss-reactive ketones (excluding diaryl/α,β-unsaturated/α-hetero) is 1. The zero-order chi connectivity index (χ0) is 21.8. The van der Waals surface area contributed by atoms with Gasteiger partial charge in [-0.05, 0) is 54.0 Å². The average molecular weight is 490 g/mol. The topological polar surface area (TPSA) is 46.6 Å². The largest absolute Gasteiger partial charge is 0.454 e. The van der Waals surface area contributed by atoms with Crippen LogP contribution >= 0.6 is 15.9 Å². The number of hydrogen-bond donors (Lipinski definition) is 0. The summed E-state index contributed by atoms with van der Waals surface area (Å²) in [7, 11) is 0. The Balaban J connectivity index is 1.33. The predicted molar refractivity (Wildman–Crippen MR) is 127 cm³/mol. The van der Waals surface area contributed by atoms with Crippen LogP contribution < -0.4 is 4.90 Å². The van der Waals surface area contributed by atoms with Crippen LogP contribution in [0.25, 0.3) is 0 Å². The molecule has 0 spiro atoms. The molecule has 0 saturated heterocycles.